The number of aromatic hydroxyl groups is 2. The average molecular weight is 531 g/mol. The van der Waals surface area contributed by atoms with Crippen molar-refractivity contribution in [1.29, 1.82) is 0 Å². The number of ketones is 3. The molecule has 2 heterocycles. The fraction of sp³-hybridized carbons (Fsp3) is 0.241. The molecule has 3 N–H and O–H groups in total. The van der Waals surface area contributed by atoms with Gasteiger partial charge < -0.3 is 20.3 Å². The molecule has 0 amide bonds. The molecule has 0 fully saturated rings. The number of Topliss-reactive ketones (excluding diaryl/α,β-unsaturated/α-hetero) is 2. The molecule has 0 saturated carbocycles. The molecule has 2 aliphatic rings. The number of thiazole rings is 1. The summed E-state index contributed by atoms with van der Waals surface area (Å²) in [7, 11) is 0. The summed E-state index contributed by atoms with van der Waals surface area (Å²) in [6.07, 6.45) is 1.81. The van der Waals surface area contributed by atoms with Crippen LogP contribution in [-0.2, 0) is 21.4 Å². The van der Waals surface area contributed by atoms with Crippen LogP contribution >= 0.6 is 11.3 Å². The highest BCUT2D eigenvalue weighted by atomic mass is 32.1. The summed E-state index contributed by atoms with van der Waals surface area (Å²) in [4.78, 5) is 43.9. The molecule has 0 unspecified atom stereocenters. The maximum absolute atomic E-state index is 13.9. The normalized spacial score (nSPS) is 19.4. The van der Waals surface area contributed by atoms with Gasteiger partial charge >= 0.3 is 0 Å². The number of carbonyl (C=O) groups is 3. The van der Waals surface area contributed by atoms with E-state index in [2.05, 4.69) is 10.3 Å². The number of phenols is 2. The molecular formula is C29H26N2O6S. The highest BCUT2D eigenvalue weighted by Gasteiger charge is 2.56. The fourth-order valence-corrected chi connectivity index (χ4v) is 5.78. The monoisotopic (exact) mass is 530 g/mol. The first-order valence-corrected chi connectivity index (χ1v) is 13.0. The summed E-state index contributed by atoms with van der Waals surface area (Å²) in [5.74, 6) is -2.43. The quantitative estimate of drug-likeness (QED) is 0.241. The number of carbonyl (C=O) groups excluding carboxylic acids is 3. The molecule has 5 rings (SSSR count). The minimum atomic E-state index is -1.53. The Kier molecular flexibility index (Phi) is 6.19. The average Bonchev–Trinajstić information content (AvgIpc) is 3.46. The molecule has 0 radical (unpaired) electrons. The van der Waals surface area contributed by atoms with Crippen molar-refractivity contribution in [2.45, 2.75) is 39.5 Å². The van der Waals surface area contributed by atoms with Gasteiger partial charge in [0.25, 0.3) is 0 Å². The van der Waals surface area contributed by atoms with Crippen molar-refractivity contribution < 1.29 is 29.3 Å². The van der Waals surface area contributed by atoms with E-state index in [-0.39, 0.29) is 39.5 Å². The second-order valence-corrected chi connectivity index (χ2v) is 10.5. The zero-order valence-electron chi connectivity index (χ0n) is 21.3. The molecule has 0 bridgehead atoms. The van der Waals surface area contributed by atoms with Crippen molar-refractivity contribution >= 4 is 28.7 Å². The Hall–Kier alpha value is -4.24. The van der Waals surface area contributed by atoms with Crippen molar-refractivity contribution in [2.75, 3.05) is 6.54 Å². The first-order valence-electron chi connectivity index (χ1n) is 12.1. The van der Waals surface area contributed by atoms with Gasteiger partial charge in [0.05, 0.1) is 21.8 Å². The Morgan fingerprint density at radius 1 is 1.13 bits per heavy atom. The molecule has 38 heavy (non-hydrogen) atoms. The maximum Gasteiger partial charge on any atom is 0.194 e. The number of aromatic nitrogens is 1. The van der Waals surface area contributed by atoms with Gasteiger partial charge in [-0.15, -0.1) is 11.3 Å². The zero-order valence-corrected chi connectivity index (χ0v) is 22.2. The van der Waals surface area contributed by atoms with E-state index in [0.717, 1.165) is 16.3 Å². The zero-order chi connectivity index (χ0) is 27.4. The Labute approximate surface area is 223 Å². The number of benzene rings is 2. The van der Waals surface area contributed by atoms with Crippen molar-refractivity contribution in [3.63, 3.8) is 0 Å². The first kappa shape index (κ1) is 25.4. The number of hydrogen-bond acceptors (Lipinski definition) is 9. The van der Waals surface area contributed by atoms with Crippen molar-refractivity contribution in [2.24, 2.45) is 0 Å². The fourth-order valence-electron chi connectivity index (χ4n) is 4.97. The predicted octanol–water partition coefficient (Wildman–Crippen LogP) is 4.52. The van der Waals surface area contributed by atoms with Crippen LogP contribution in [0.3, 0.4) is 0 Å². The first-order chi connectivity index (χ1) is 18.1. The SMILES string of the molecule is CC(=O)c1c(O)c(C)c(O)c2c1OC1=CC(=O)C(=C(C)NCCc3nc(-c4ccccc4)cs3)C(=O)[C@@]12C. The molecule has 1 aliphatic carbocycles. The lowest BCUT2D eigenvalue weighted by molar-refractivity contribution is -0.123. The summed E-state index contributed by atoms with van der Waals surface area (Å²) in [5, 5.41) is 27.5. The van der Waals surface area contributed by atoms with Gasteiger partial charge in [0.15, 0.2) is 17.3 Å². The van der Waals surface area contributed by atoms with Gasteiger partial charge in [0, 0.05) is 41.2 Å². The summed E-state index contributed by atoms with van der Waals surface area (Å²) < 4.78 is 5.80. The standard InChI is InChI=1S/C29H26N2O6S/c1-14-25(34)23(16(3)32)27-24(26(14)35)29(4)20(37-27)12-19(33)22(28(29)36)15(2)30-11-10-21-31-18(13-38-21)17-8-6-5-7-9-17/h5-9,12-13,30,34-35H,10-11H2,1-4H3/t29-/m0/s1. The number of nitrogens with zero attached hydrogens (tertiary/aromatic N) is 1. The van der Waals surface area contributed by atoms with Crippen LogP contribution in [0.5, 0.6) is 17.2 Å². The van der Waals surface area contributed by atoms with Crippen LogP contribution in [0.15, 0.2) is 58.8 Å². The van der Waals surface area contributed by atoms with Gasteiger partial charge in [0.2, 0.25) is 0 Å². The highest BCUT2D eigenvalue weighted by Crippen LogP contribution is 2.57. The summed E-state index contributed by atoms with van der Waals surface area (Å²) in [6, 6.07) is 9.87. The van der Waals surface area contributed by atoms with E-state index in [4.69, 9.17) is 4.74 Å². The lowest BCUT2D eigenvalue weighted by atomic mass is 9.70. The molecule has 9 heteroatoms. The van der Waals surface area contributed by atoms with E-state index >= 15 is 0 Å². The maximum atomic E-state index is 13.9. The molecule has 194 valence electrons. The van der Waals surface area contributed by atoms with Crippen LogP contribution in [0.25, 0.3) is 11.3 Å². The Bertz CT molecular complexity index is 1580. The minimum Gasteiger partial charge on any atom is -0.507 e. The van der Waals surface area contributed by atoms with Gasteiger partial charge in [-0.3, -0.25) is 14.4 Å². The van der Waals surface area contributed by atoms with E-state index in [0.29, 0.717) is 18.7 Å². The molecule has 8 nitrogen and oxygen atoms in total. The van der Waals surface area contributed by atoms with Crippen LogP contribution in [0, 0.1) is 6.92 Å². The van der Waals surface area contributed by atoms with Crippen LogP contribution in [0.2, 0.25) is 0 Å². The van der Waals surface area contributed by atoms with Gasteiger partial charge in [0.1, 0.15) is 34.0 Å². The molecule has 3 aromatic rings. The molecule has 1 aromatic heterocycles. The molecule has 1 atom stereocenters. The summed E-state index contributed by atoms with van der Waals surface area (Å²) >= 11 is 1.54. The van der Waals surface area contributed by atoms with Gasteiger partial charge in [-0.1, -0.05) is 30.3 Å². The van der Waals surface area contributed by atoms with Crippen LogP contribution in [0.1, 0.15) is 47.3 Å². The Morgan fingerprint density at radius 2 is 1.84 bits per heavy atom. The van der Waals surface area contributed by atoms with Gasteiger partial charge in [-0.25, -0.2) is 4.98 Å². The number of rotatable bonds is 6. The lowest BCUT2D eigenvalue weighted by Crippen LogP contribution is -2.41. The van der Waals surface area contributed by atoms with Crippen molar-refractivity contribution in [1.82, 2.24) is 10.3 Å². The third-order valence-corrected chi connectivity index (χ3v) is 8.02. The number of hydrogen-bond donors (Lipinski definition) is 3. The number of phenolic OH excluding ortho intramolecular Hbond substituents is 2. The number of nitrogens with one attached hydrogen (secondary N) is 1. The van der Waals surface area contributed by atoms with Crippen LogP contribution < -0.4 is 10.1 Å². The smallest absolute Gasteiger partial charge is 0.194 e. The Balaban J connectivity index is 1.43. The third kappa shape index (κ3) is 3.81. The summed E-state index contributed by atoms with van der Waals surface area (Å²) in [5.41, 5.74) is 0.744. The summed E-state index contributed by atoms with van der Waals surface area (Å²) in [6.45, 7) is 6.36. The van der Waals surface area contributed by atoms with E-state index in [9.17, 15) is 24.6 Å². The Morgan fingerprint density at radius 3 is 2.53 bits per heavy atom. The molecule has 2 aromatic carbocycles. The number of allylic oxidation sites excluding steroid dienone is 4. The highest BCUT2D eigenvalue weighted by molar-refractivity contribution is 7.09. The van der Waals surface area contributed by atoms with Crippen molar-refractivity contribution in [3.05, 3.63) is 80.5 Å². The van der Waals surface area contributed by atoms with Crippen LogP contribution in [-0.4, -0.2) is 39.1 Å². The molecular weight excluding hydrogens is 504 g/mol. The second kappa shape index (κ2) is 9.25. The van der Waals surface area contributed by atoms with E-state index in [1.165, 1.54) is 19.9 Å². The van der Waals surface area contributed by atoms with Gasteiger partial charge in [-0.2, -0.15) is 0 Å². The second-order valence-electron chi connectivity index (χ2n) is 9.56. The third-order valence-electron chi connectivity index (χ3n) is 7.11. The topological polar surface area (TPSA) is 126 Å². The molecule has 1 aliphatic heterocycles. The van der Waals surface area contributed by atoms with E-state index in [1.54, 1.807) is 25.2 Å². The van der Waals surface area contributed by atoms with E-state index < -0.39 is 28.5 Å². The number of fused-ring (bicyclic) bond motifs is 3. The molecule has 0 spiro atoms. The predicted molar refractivity (Wildman–Crippen MR) is 143 cm³/mol. The van der Waals surface area contributed by atoms with Crippen molar-refractivity contribution in [3.8, 4) is 28.5 Å². The van der Waals surface area contributed by atoms with E-state index in [1.807, 2.05) is 35.7 Å². The van der Waals surface area contributed by atoms with Crippen LogP contribution in [0.4, 0.5) is 0 Å². The largest absolute Gasteiger partial charge is 0.507 e. The lowest BCUT2D eigenvalue weighted by Gasteiger charge is -2.29. The number of ether oxygens (including phenoxy) is 1. The van der Waals surface area contributed by atoms with Gasteiger partial charge in [-0.05, 0) is 27.7 Å². The molecule has 0 saturated heterocycles. The minimum absolute atomic E-state index is 0.0121.